The Morgan fingerprint density at radius 2 is 1.08 bits per heavy atom. The van der Waals surface area contributed by atoms with Crippen molar-refractivity contribution in [3.05, 3.63) is 33.0 Å². The van der Waals surface area contributed by atoms with Gasteiger partial charge in [0.05, 0.1) is 24.0 Å². The van der Waals surface area contributed by atoms with E-state index >= 15 is 0 Å². The first kappa shape index (κ1) is 25.5. The average molecular weight is 546 g/mol. The molecule has 14 nitrogen and oxygen atoms in total. The molecule has 0 atom stereocenters. The molecule has 0 unspecified atom stereocenters. The highest BCUT2D eigenvalue weighted by Crippen LogP contribution is 2.46. The first-order valence-electron chi connectivity index (χ1n) is 10.3. The van der Waals surface area contributed by atoms with Crippen molar-refractivity contribution < 1.29 is 52.6 Å². The van der Waals surface area contributed by atoms with Gasteiger partial charge in [0.2, 0.25) is 11.5 Å². The normalized spacial score (nSPS) is 12.4. The number of hydrogen-bond donors (Lipinski definition) is 2. The fraction of sp³-hybridized carbons (Fsp3) is 0.300. The van der Waals surface area contributed by atoms with Gasteiger partial charge >= 0.3 is 32.0 Å². The van der Waals surface area contributed by atoms with E-state index in [1.165, 1.54) is 0 Å². The summed E-state index contributed by atoms with van der Waals surface area (Å²) in [5.41, 5.74) is -3.01. The summed E-state index contributed by atoms with van der Waals surface area (Å²) in [6.45, 7) is 3.47. The minimum Gasteiger partial charge on any atom is -0.486 e. The van der Waals surface area contributed by atoms with Gasteiger partial charge in [-0.2, -0.15) is 16.8 Å². The molecule has 2 heterocycles. The summed E-state index contributed by atoms with van der Waals surface area (Å²) in [7, 11) is -10.2. The Hall–Kier alpha value is -3.60. The number of rotatable bonds is 10. The topological polar surface area (TPSA) is 206 Å². The zero-order chi connectivity index (χ0) is 26.4. The van der Waals surface area contributed by atoms with E-state index in [1.807, 2.05) is 0 Å². The van der Waals surface area contributed by atoms with Gasteiger partial charge in [-0.3, -0.25) is 9.11 Å². The summed E-state index contributed by atoms with van der Waals surface area (Å²) in [5.74, 6) is -2.10. The summed E-state index contributed by atoms with van der Waals surface area (Å²) >= 11 is 0. The monoisotopic (exact) mass is 546 g/mol. The van der Waals surface area contributed by atoms with Crippen LogP contribution in [0.5, 0.6) is 23.0 Å². The first-order chi connectivity index (χ1) is 16.8. The smallest absolute Gasteiger partial charge is 0.446 e. The third kappa shape index (κ3) is 4.75. The van der Waals surface area contributed by atoms with Gasteiger partial charge in [-0.1, -0.05) is 13.8 Å². The first-order valence-corrected chi connectivity index (χ1v) is 13.0. The van der Waals surface area contributed by atoms with Crippen LogP contribution in [0, 0.1) is 0 Å². The molecule has 0 amide bonds. The van der Waals surface area contributed by atoms with Crippen LogP contribution in [0.4, 0.5) is 0 Å². The Kier molecular flexibility index (Phi) is 6.46. The summed E-state index contributed by atoms with van der Waals surface area (Å²) in [4.78, 5) is 25.9. The van der Waals surface area contributed by atoms with Gasteiger partial charge in [-0.25, -0.2) is 9.59 Å². The highest BCUT2D eigenvalue weighted by atomic mass is 32.3. The van der Waals surface area contributed by atoms with Crippen molar-refractivity contribution in [1.29, 1.82) is 0 Å². The van der Waals surface area contributed by atoms with Gasteiger partial charge in [0, 0.05) is 22.9 Å². The molecule has 0 bridgehead atoms. The van der Waals surface area contributed by atoms with Crippen LogP contribution in [0.15, 0.2) is 30.6 Å². The summed E-state index contributed by atoms with van der Waals surface area (Å²) in [6, 6.07) is 1.84. The van der Waals surface area contributed by atoms with E-state index in [0.717, 1.165) is 12.1 Å². The summed E-state index contributed by atoms with van der Waals surface area (Å²) < 4.78 is 94.8. The molecule has 2 aromatic heterocycles. The quantitative estimate of drug-likeness (QED) is 0.166. The molecule has 0 saturated carbocycles. The van der Waals surface area contributed by atoms with Gasteiger partial charge in [0.15, 0.2) is 22.7 Å². The molecule has 0 aliphatic rings. The Morgan fingerprint density at radius 3 is 1.39 bits per heavy atom. The lowest BCUT2D eigenvalue weighted by atomic mass is 10.0. The number of benzene rings is 2. The van der Waals surface area contributed by atoms with E-state index in [4.69, 9.17) is 18.3 Å². The molecular formula is C20H18O14S2. The zero-order valence-electron chi connectivity index (χ0n) is 18.6. The van der Waals surface area contributed by atoms with Crippen LogP contribution >= 0.6 is 0 Å². The van der Waals surface area contributed by atoms with Crippen LogP contribution < -0.4 is 29.1 Å². The van der Waals surface area contributed by atoms with Crippen LogP contribution in [0.2, 0.25) is 0 Å². The van der Waals surface area contributed by atoms with Crippen molar-refractivity contribution in [2.75, 3.05) is 13.2 Å². The molecule has 0 aliphatic heterocycles. The van der Waals surface area contributed by atoms with E-state index in [2.05, 4.69) is 8.37 Å². The zero-order valence-corrected chi connectivity index (χ0v) is 20.2. The summed E-state index contributed by atoms with van der Waals surface area (Å²) in [5, 5.41) is -0.772. The highest BCUT2D eigenvalue weighted by molar-refractivity contribution is 7.81. The molecule has 0 fully saturated rings. The lowest BCUT2D eigenvalue weighted by molar-refractivity contribution is 0.299. The summed E-state index contributed by atoms with van der Waals surface area (Å²) in [6.07, 6.45) is 0.871. The molecule has 0 radical (unpaired) electrons. The van der Waals surface area contributed by atoms with Gasteiger partial charge in [-0.05, 0) is 12.8 Å². The van der Waals surface area contributed by atoms with E-state index in [1.54, 1.807) is 13.8 Å². The van der Waals surface area contributed by atoms with Crippen molar-refractivity contribution in [2.45, 2.75) is 26.7 Å². The van der Waals surface area contributed by atoms with Crippen molar-refractivity contribution >= 4 is 53.5 Å². The van der Waals surface area contributed by atoms with Gasteiger partial charge in [0.25, 0.3) is 0 Å². The third-order valence-electron chi connectivity index (χ3n) is 4.77. The minimum absolute atomic E-state index is 0.00132. The van der Waals surface area contributed by atoms with E-state index in [9.17, 15) is 35.5 Å². The molecule has 194 valence electrons. The standard InChI is InChI=1S/C20H18O14S2/c1-3-5-29-15-11(33-35(23,24)25)7-9-13-14-10(19(21)31-17(13)15)8-12(34-36(26,27)28)16(30-6-4-2)18(14)32-20(9)22/h7-8H,3-6H2,1-2H3,(H,23,24,25)(H,26,27,28). The van der Waals surface area contributed by atoms with Gasteiger partial charge in [-0.15, -0.1) is 0 Å². The fourth-order valence-corrected chi connectivity index (χ4v) is 4.28. The molecule has 2 aromatic carbocycles. The van der Waals surface area contributed by atoms with Crippen LogP contribution in [0.1, 0.15) is 26.7 Å². The molecule has 0 saturated heterocycles. The minimum atomic E-state index is -5.08. The Bertz CT molecular complexity index is 1660. The van der Waals surface area contributed by atoms with E-state index in [0.29, 0.717) is 12.8 Å². The maximum atomic E-state index is 12.9. The largest absolute Gasteiger partial charge is 0.486 e. The fourth-order valence-electron chi connectivity index (χ4n) is 3.57. The second-order valence-electron chi connectivity index (χ2n) is 7.41. The maximum Gasteiger partial charge on any atom is 0.446 e. The average Bonchev–Trinajstić information content (AvgIpc) is 2.75. The van der Waals surface area contributed by atoms with E-state index in [-0.39, 0.29) is 34.8 Å². The van der Waals surface area contributed by atoms with Crippen molar-refractivity contribution in [3.8, 4) is 23.0 Å². The lowest BCUT2D eigenvalue weighted by Gasteiger charge is -2.17. The molecule has 0 spiro atoms. The molecule has 16 heteroatoms. The van der Waals surface area contributed by atoms with Crippen LogP contribution in [0.25, 0.3) is 32.7 Å². The van der Waals surface area contributed by atoms with Gasteiger partial charge in [0.1, 0.15) is 0 Å². The van der Waals surface area contributed by atoms with Crippen molar-refractivity contribution in [2.24, 2.45) is 0 Å². The van der Waals surface area contributed by atoms with E-state index < -0.39 is 66.2 Å². The Balaban J connectivity index is 2.22. The molecule has 36 heavy (non-hydrogen) atoms. The number of ether oxygens (including phenoxy) is 2. The lowest BCUT2D eigenvalue weighted by Crippen LogP contribution is -2.14. The Morgan fingerprint density at radius 1 is 0.722 bits per heavy atom. The molecule has 2 N–H and O–H groups in total. The van der Waals surface area contributed by atoms with Crippen molar-refractivity contribution in [1.82, 2.24) is 0 Å². The molecular weight excluding hydrogens is 528 g/mol. The molecule has 4 rings (SSSR count). The predicted octanol–water partition coefficient (Wildman–Crippen LogP) is 2.43. The maximum absolute atomic E-state index is 12.9. The predicted molar refractivity (Wildman–Crippen MR) is 123 cm³/mol. The van der Waals surface area contributed by atoms with Crippen LogP contribution in [-0.4, -0.2) is 39.2 Å². The number of hydrogen-bond acceptors (Lipinski definition) is 12. The van der Waals surface area contributed by atoms with Crippen LogP contribution in [0.3, 0.4) is 0 Å². The SMILES string of the molecule is CCCOc1c(OS(=O)(=O)O)cc2c(=O)oc3c(OCCC)c(OS(=O)(=O)O)cc4c(=O)oc1c2c34. The molecule has 4 aromatic rings. The van der Waals surface area contributed by atoms with Crippen molar-refractivity contribution in [3.63, 3.8) is 0 Å². The molecule has 0 aliphatic carbocycles. The third-order valence-corrected chi connectivity index (χ3v) is 5.55. The van der Waals surface area contributed by atoms with Gasteiger partial charge < -0.3 is 26.7 Å². The second kappa shape index (κ2) is 9.12. The highest BCUT2D eigenvalue weighted by Gasteiger charge is 2.30. The Labute approximate surface area is 202 Å². The second-order valence-corrected chi connectivity index (χ2v) is 9.45. The van der Waals surface area contributed by atoms with Crippen LogP contribution in [-0.2, 0) is 20.8 Å².